The number of nitrogens with zero attached hydrogens (tertiary/aromatic N) is 3. The fourth-order valence-electron chi connectivity index (χ4n) is 9.46. The molecule has 0 unspecified atom stereocenters. The minimum atomic E-state index is 0.617. The molecule has 3 nitrogen and oxygen atoms in total. The highest BCUT2D eigenvalue weighted by molar-refractivity contribution is 6.38. The van der Waals surface area contributed by atoms with Gasteiger partial charge in [0.1, 0.15) is 0 Å². The molecule has 12 aromatic rings. The van der Waals surface area contributed by atoms with Gasteiger partial charge in [-0.2, -0.15) is 0 Å². The van der Waals surface area contributed by atoms with Crippen LogP contribution in [0.3, 0.4) is 0 Å². The van der Waals surface area contributed by atoms with Crippen molar-refractivity contribution in [3.05, 3.63) is 224 Å². The minimum absolute atomic E-state index is 0.617. The third-order valence-electron chi connectivity index (χ3n) is 12.3. The van der Waals surface area contributed by atoms with Crippen molar-refractivity contribution in [2.24, 2.45) is 0 Å². The third-order valence-corrected chi connectivity index (χ3v) is 12.3. The smallest absolute Gasteiger partial charge is 0.164 e. The first-order valence-electron chi connectivity index (χ1n) is 21.1. The number of benzene rings is 10. The van der Waals surface area contributed by atoms with Crippen LogP contribution in [0.5, 0.6) is 0 Å². The molecule has 288 valence electrons. The number of rotatable bonds is 4. The molecule has 0 saturated carbocycles. The Kier molecular flexibility index (Phi) is 8.50. The van der Waals surface area contributed by atoms with E-state index in [4.69, 9.17) is 15.0 Å². The van der Waals surface area contributed by atoms with Gasteiger partial charge in [-0.25, -0.2) is 15.0 Å². The van der Waals surface area contributed by atoms with Gasteiger partial charge < -0.3 is 0 Å². The van der Waals surface area contributed by atoms with Gasteiger partial charge in [-0.05, 0) is 92.6 Å². The molecule has 0 bridgehead atoms. The SMILES string of the molecule is c1ccc(-c2ccc(-c3nc(-c4ccccc4)nc(-c4ccc5c6ccccc6c6ccccc6c6ccccc6c6c7ccccc7c7ccccc7c6c5c4)n3)cc2)cc1. The Morgan fingerprint density at radius 3 is 0.871 bits per heavy atom. The van der Waals surface area contributed by atoms with Gasteiger partial charge in [0, 0.05) is 16.7 Å². The second-order valence-corrected chi connectivity index (χ2v) is 15.9. The minimum Gasteiger partial charge on any atom is -0.208 e. The third kappa shape index (κ3) is 5.94. The molecule has 0 aliphatic heterocycles. The van der Waals surface area contributed by atoms with Crippen molar-refractivity contribution in [2.75, 3.05) is 0 Å². The zero-order valence-electron chi connectivity index (χ0n) is 33.7. The number of hydrogen-bond donors (Lipinski definition) is 0. The van der Waals surface area contributed by atoms with E-state index in [2.05, 4.69) is 200 Å². The summed E-state index contributed by atoms with van der Waals surface area (Å²) in [4.78, 5) is 15.6. The van der Waals surface area contributed by atoms with Gasteiger partial charge in [-0.15, -0.1) is 0 Å². The van der Waals surface area contributed by atoms with Crippen molar-refractivity contribution in [3.8, 4) is 45.3 Å². The Balaban J connectivity index is 1.25. The fraction of sp³-hybridized carbons (Fsp3) is 0. The lowest BCUT2D eigenvalue weighted by Crippen LogP contribution is -2.00. The fourth-order valence-corrected chi connectivity index (χ4v) is 9.46. The van der Waals surface area contributed by atoms with E-state index in [1.54, 1.807) is 0 Å². The van der Waals surface area contributed by atoms with E-state index in [-0.39, 0.29) is 0 Å². The molecular weight excluding hydrogens is 751 g/mol. The van der Waals surface area contributed by atoms with Gasteiger partial charge >= 0.3 is 0 Å². The van der Waals surface area contributed by atoms with Crippen LogP contribution in [-0.4, -0.2) is 15.0 Å². The second kappa shape index (κ2) is 14.8. The van der Waals surface area contributed by atoms with Crippen molar-refractivity contribution in [2.45, 2.75) is 0 Å². The van der Waals surface area contributed by atoms with Crippen LogP contribution in [0.2, 0.25) is 0 Å². The number of fused-ring (bicyclic) bond motifs is 15. The molecule has 62 heavy (non-hydrogen) atoms. The molecule has 0 amide bonds. The van der Waals surface area contributed by atoms with E-state index in [1.807, 2.05) is 24.3 Å². The summed E-state index contributed by atoms with van der Waals surface area (Å²) < 4.78 is 0. The Bertz CT molecular complexity index is 3780. The second-order valence-electron chi connectivity index (χ2n) is 15.9. The Morgan fingerprint density at radius 1 is 0.177 bits per heavy atom. The molecule has 0 atom stereocenters. The molecule has 0 aliphatic carbocycles. The lowest BCUT2D eigenvalue weighted by Gasteiger charge is -2.15. The average Bonchev–Trinajstić information content (AvgIpc) is 3.36. The van der Waals surface area contributed by atoms with Gasteiger partial charge in [-0.3, -0.25) is 0 Å². The first kappa shape index (κ1) is 35.7. The van der Waals surface area contributed by atoms with E-state index in [1.165, 1.54) is 70.2 Å². The molecule has 0 saturated heterocycles. The average molecular weight is 788 g/mol. The summed E-state index contributed by atoms with van der Waals surface area (Å²) in [5.74, 6) is 1.87. The zero-order chi connectivity index (χ0) is 41.0. The summed E-state index contributed by atoms with van der Waals surface area (Å²) >= 11 is 0. The number of hydrogen-bond acceptors (Lipinski definition) is 3. The summed E-state index contributed by atoms with van der Waals surface area (Å²) in [6.45, 7) is 0. The van der Waals surface area contributed by atoms with E-state index in [0.29, 0.717) is 17.5 Å². The first-order chi connectivity index (χ1) is 30.8. The molecule has 1 heterocycles. The zero-order valence-corrected chi connectivity index (χ0v) is 33.7. The van der Waals surface area contributed by atoms with E-state index in [0.717, 1.165) is 33.0 Å². The van der Waals surface area contributed by atoms with Crippen LogP contribution in [0.25, 0.3) is 121 Å². The predicted molar refractivity (Wildman–Crippen MR) is 262 cm³/mol. The van der Waals surface area contributed by atoms with Crippen LogP contribution in [0.15, 0.2) is 224 Å². The highest BCUT2D eigenvalue weighted by Crippen LogP contribution is 2.43. The highest BCUT2D eigenvalue weighted by Gasteiger charge is 2.17. The summed E-state index contributed by atoms with van der Waals surface area (Å²) in [5, 5.41) is 16.7. The maximum absolute atomic E-state index is 5.28. The molecule has 0 radical (unpaired) electrons. The van der Waals surface area contributed by atoms with Gasteiger partial charge in [0.05, 0.1) is 0 Å². The maximum Gasteiger partial charge on any atom is 0.164 e. The summed E-state index contributed by atoms with van der Waals surface area (Å²) in [6.07, 6.45) is 0. The van der Waals surface area contributed by atoms with Crippen LogP contribution < -0.4 is 0 Å². The van der Waals surface area contributed by atoms with E-state index < -0.39 is 0 Å². The van der Waals surface area contributed by atoms with Gasteiger partial charge in [0.25, 0.3) is 0 Å². The Hall–Kier alpha value is -8.27. The predicted octanol–water partition coefficient (Wildman–Crippen LogP) is 15.7. The maximum atomic E-state index is 5.28. The Labute approximate surface area is 358 Å². The molecule has 3 heteroatoms. The summed E-state index contributed by atoms with van der Waals surface area (Å²) in [5.41, 5.74) is 5.09. The molecule has 12 rings (SSSR count). The topological polar surface area (TPSA) is 38.7 Å². The molecule has 0 fully saturated rings. The lowest BCUT2D eigenvalue weighted by atomic mass is 9.88. The molecule has 0 aliphatic rings. The van der Waals surface area contributed by atoms with Gasteiger partial charge in [-0.1, -0.05) is 218 Å². The summed E-state index contributed by atoms with van der Waals surface area (Å²) in [6, 6.07) is 80.4. The van der Waals surface area contributed by atoms with Crippen LogP contribution in [0, 0.1) is 0 Å². The normalized spacial score (nSPS) is 11.5. The van der Waals surface area contributed by atoms with Crippen molar-refractivity contribution < 1.29 is 0 Å². The van der Waals surface area contributed by atoms with Crippen LogP contribution in [0.4, 0.5) is 0 Å². The van der Waals surface area contributed by atoms with Crippen LogP contribution in [-0.2, 0) is 0 Å². The number of aromatic nitrogens is 3. The first-order valence-corrected chi connectivity index (χ1v) is 21.1. The van der Waals surface area contributed by atoms with Crippen LogP contribution >= 0.6 is 0 Å². The Morgan fingerprint density at radius 2 is 0.435 bits per heavy atom. The molecule has 0 spiro atoms. The van der Waals surface area contributed by atoms with Crippen molar-refractivity contribution in [1.82, 2.24) is 15.0 Å². The van der Waals surface area contributed by atoms with Gasteiger partial charge in [0.2, 0.25) is 0 Å². The quantitative estimate of drug-likeness (QED) is 0.167. The molecule has 0 N–H and O–H groups in total. The monoisotopic (exact) mass is 787 g/mol. The van der Waals surface area contributed by atoms with E-state index >= 15 is 0 Å². The van der Waals surface area contributed by atoms with Crippen molar-refractivity contribution in [1.29, 1.82) is 0 Å². The highest BCUT2D eigenvalue weighted by atomic mass is 15.0. The van der Waals surface area contributed by atoms with Crippen LogP contribution in [0.1, 0.15) is 0 Å². The molecule has 1 aromatic heterocycles. The van der Waals surface area contributed by atoms with Crippen molar-refractivity contribution in [3.63, 3.8) is 0 Å². The van der Waals surface area contributed by atoms with Crippen molar-refractivity contribution >= 4 is 75.4 Å². The van der Waals surface area contributed by atoms with Gasteiger partial charge in [0.15, 0.2) is 17.5 Å². The van der Waals surface area contributed by atoms with E-state index in [9.17, 15) is 0 Å². The largest absolute Gasteiger partial charge is 0.208 e. The molecule has 11 aromatic carbocycles. The molecular formula is C59H37N3. The standard InChI is InChI=1S/C59H37N3/c1-3-17-38(18-4-1)39-31-33-41(34-32-39)58-60-57(40-19-5-2-6-20-40)61-59(62-58)42-35-36-50-46-24-10-8-22-44(46)43-21-7-9-23-45(43)47-25-11-14-28-51(47)55-52-29-15-12-26-48(52)49-27-13-16-30-53(49)56(55)54(50)37-42/h1-37H. The summed E-state index contributed by atoms with van der Waals surface area (Å²) in [7, 11) is 0. The lowest BCUT2D eigenvalue weighted by molar-refractivity contribution is 1.07.